The van der Waals surface area contributed by atoms with Crippen LogP contribution in [0.3, 0.4) is 0 Å². The molecule has 26 heavy (non-hydrogen) atoms. The van der Waals surface area contributed by atoms with E-state index in [-0.39, 0.29) is 5.78 Å². The van der Waals surface area contributed by atoms with Crippen LogP contribution in [0.25, 0.3) is 6.08 Å². The molecule has 0 atom stereocenters. The molecular weight excluding hydrogens is 332 g/mol. The number of carbonyl (C=O) groups excluding carboxylic acids is 1. The first kappa shape index (κ1) is 19.5. The molecule has 0 amide bonds. The van der Waals surface area contributed by atoms with Crippen molar-refractivity contribution in [2.45, 2.75) is 6.92 Å². The number of carbonyl (C=O) groups is 1. The summed E-state index contributed by atoms with van der Waals surface area (Å²) in [6, 6.07) is 12.7. The summed E-state index contributed by atoms with van der Waals surface area (Å²) in [6.07, 6.45) is 3.31. The Bertz CT molecular complexity index is 735. The number of hydrogen-bond acceptors (Lipinski definition) is 5. The van der Waals surface area contributed by atoms with E-state index in [2.05, 4.69) is 0 Å². The van der Waals surface area contributed by atoms with Gasteiger partial charge in [-0.25, -0.2) is 0 Å². The smallest absolute Gasteiger partial charge is 0.185 e. The summed E-state index contributed by atoms with van der Waals surface area (Å²) >= 11 is 0. The van der Waals surface area contributed by atoms with Gasteiger partial charge in [-0.15, -0.1) is 0 Å². The van der Waals surface area contributed by atoms with Crippen molar-refractivity contribution in [3.63, 3.8) is 0 Å². The molecule has 5 nitrogen and oxygen atoms in total. The van der Waals surface area contributed by atoms with Gasteiger partial charge in [0.2, 0.25) is 0 Å². The van der Waals surface area contributed by atoms with Gasteiger partial charge in [0.25, 0.3) is 0 Å². The summed E-state index contributed by atoms with van der Waals surface area (Å²) in [6.45, 7) is 3.46. The molecule has 5 heteroatoms. The van der Waals surface area contributed by atoms with E-state index in [9.17, 15) is 4.79 Å². The zero-order chi connectivity index (χ0) is 18.8. The Morgan fingerprint density at radius 2 is 1.73 bits per heavy atom. The Kier molecular flexibility index (Phi) is 7.71. The molecule has 2 rings (SSSR count). The van der Waals surface area contributed by atoms with Crippen LogP contribution in [0.4, 0.5) is 0 Å². The number of hydrogen-bond donors (Lipinski definition) is 0. The summed E-state index contributed by atoms with van der Waals surface area (Å²) < 4.78 is 21.2. The molecule has 0 aliphatic rings. The molecule has 0 heterocycles. The number of methoxy groups -OCH3 is 2. The lowest BCUT2D eigenvalue weighted by atomic mass is 10.1. The van der Waals surface area contributed by atoms with Gasteiger partial charge in [0.15, 0.2) is 17.3 Å². The van der Waals surface area contributed by atoms with Crippen LogP contribution in [0, 0.1) is 0 Å². The molecule has 138 valence electrons. The van der Waals surface area contributed by atoms with E-state index in [1.807, 2.05) is 31.2 Å². The van der Waals surface area contributed by atoms with Crippen LogP contribution in [-0.2, 0) is 4.74 Å². The SMILES string of the molecule is CCOc1ccc(/C=C/C(=O)c2ccc(OCCOC)c(OC)c2)cc1. The Balaban J connectivity index is 2.06. The molecule has 2 aromatic carbocycles. The van der Waals surface area contributed by atoms with Crippen molar-refractivity contribution in [3.8, 4) is 17.2 Å². The maximum absolute atomic E-state index is 12.4. The molecule has 0 saturated carbocycles. The van der Waals surface area contributed by atoms with E-state index in [0.717, 1.165) is 11.3 Å². The fourth-order valence-electron chi connectivity index (χ4n) is 2.29. The molecular formula is C21H24O5. The fourth-order valence-corrected chi connectivity index (χ4v) is 2.29. The van der Waals surface area contributed by atoms with Crippen molar-refractivity contribution < 1.29 is 23.7 Å². The maximum Gasteiger partial charge on any atom is 0.185 e. The Labute approximate surface area is 154 Å². The highest BCUT2D eigenvalue weighted by atomic mass is 16.5. The predicted octanol–water partition coefficient (Wildman–Crippen LogP) is 4.02. The van der Waals surface area contributed by atoms with Crippen LogP contribution in [0.15, 0.2) is 48.5 Å². The van der Waals surface area contributed by atoms with Gasteiger partial charge in [-0.2, -0.15) is 0 Å². The molecule has 0 radical (unpaired) electrons. The third-order valence-electron chi connectivity index (χ3n) is 3.61. The number of benzene rings is 2. The molecule has 0 bridgehead atoms. The Morgan fingerprint density at radius 3 is 2.38 bits per heavy atom. The van der Waals surface area contributed by atoms with Crippen LogP contribution in [0.2, 0.25) is 0 Å². The predicted molar refractivity (Wildman–Crippen MR) is 101 cm³/mol. The molecule has 2 aromatic rings. The van der Waals surface area contributed by atoms with Crippen molar-refractivity contribution in [2.75, 3.05) is 34.0 Å². The van der Waals surface area contributed by atoms with Crippen molar-refractivity contribution in [1.29, 1.82) is 0 Å². The monoisotopic (exact) mass is 356 g/mol. The van der Waals surface area contributed by atoms with Crippen LogP contribution >= 0.6 is 0 Å². The number of ketones is 1. The average molecular weight is 356 g/mol. The van der Waals surface area contributed by atoms with E-state index >= 15 is 0 Å². The van der Waals surface area contributed by atoms with Crippen LogP contribution < -0.4 is 14.2 Å². The fraction of sp³-hybridized carbons (Fsp3) is 0.286. The molecule has 0 fully saturated rings. The number of rotatable bonds is 10. The minimum Gasteiger partial charge on any atom is -0.494 e. The van der Waals surface area contributed by atoms with Crippen LogP contribution in [-0.4, -0.2) is 39.8 Å². The zero-order valence-corrected chi connectivity index (χ0v) is 15.4. The topological polar surface area (TPSA) is 54.0 Å². The highest BCUT2D eigenvalue weighted by molar-refractivity contribution is 6.07. The van der Waals surface area contributed by atoms with Crippen molar-refractivity contribution >= 4 is 11.9 Å². The van der Waals surface area contributed by atoms with Gasteiger partial charge in [0, 0.05) is 12.7 Å². The van der Waals surface area contributed by atoms with Crippen molar-refractivity contribution in [2.24, 2.45) is 0 Å². The molecule has 0 N–H and O–H groups in total. The second kappa shape index (κ2) is 10.3. The average Bonchev–Trinajstić information content (AvgIpc) is 2.67. The molecule has 0 aliphatic carbocycles. The van der Waals surface area contributed by atoms with Crippen molar-refractivity contribution in [1.82, 2.24) is 0 Å². The summed E-state index contributed by atoms with van der Waals surface area (Å²) in [5.41, 5.74) is 1.46. The van der Waals surface area contributed by atoms with E-state index in [1.54, 1.807) is 38.5 Å². The highest BCUT2D eigenvalue weighted by Gasteiger charge is 2.09. The van der Waals surface area contributed by atoms with Gasteiger partial charge in [-0.3, -0.25) is 4.79 Å². The second-order valence-electron chi connectivity index (χ2n) is 5.41. The second-order valence-corrected chi connectivity index (χ2v) is 5.41. The third-order valence-corrected chi connectivity index (χ3v) is 3.61. The Hall–Kier alpha value is -2.79. The summed E-state index contributed by atoms with van der Waals surface area (Å²) in [4.78, 5) is 12.4. The first-order chi connectivity index (χ1) is 12.7. The minimum atomic E-state index is -0.111. The van der Waals surface area contributed by atoms with E-state index in [0.29, 0.717) is 36.9 Å². The molecule has 0 aromatic heterocycles. The lowest BCUT2D eigenvalue weighted by molar-refractivity contribution is 0.104. The summed E-state index contributed by atoms with van der Waals surface area (Å²) in [5.74, 6) is 1.79. The van der Waals surface area contributed by atoms with Gasteiger partial charge in [-0.05, 0) is 48.9 Å². The van der Waals surface area contributed by atoms with Crippen LogP contribution in [0.1, 0.15) is 22.8 Å². The van der Waals surface area contributed by atoms with Crippen molar-refractivity contribution in [3.05, 3.63) is 59.7 Å². The normalized spacial score (nSPS) is 10.7. The van der Waals surface area contributed by atoms with E-state index < -0.39 is 0 Å². The Morgan fingerprint density at radius 1 is 0.962 bits per heavy atom. The number of allylic oxidation sites excluding steroid dienone is 1. The standard InChI is InChI=1S/C21H24O5/c1-4-25-18-9-5-16(6-10-18)7-11-19(22)17-8-12-20(21(15-17)24-3)26-14-13-23-2/h5-12,15H,4,13-14H2,1-3H3/b11-7+. The lowest BCUT2D eigenvalue weighted by Crippen LogP contribution is -2.06. The van der Waals surface area contributed by atoms with Gasteiger partial charge in [-0.1, -0.05) is 18.2 Å². The molecule has 0 unspecified atom stereocenters. The van der Waals surface area contributed by atoms with Gasteiger partial charge in [0.1, 0.15) is 12.4 Å². The molecule has 0 aliphatic heterocycles. The highest BCUT2D eigenvalue weighted by Crippen LogP contribution is 2.28. The summed E-state index contributed by atoms with van der Waals surface area (Å²) in [5, 5.41) is 0. The quantitative estimate of drug-likeness (QED) is 0.366. The van der Waals surface area contributed by atoms with Crippen LogP contribution in [0.5, 0.6) is 17.2 Å². The lowest BCUT2D eigenvalue weighted by Gasteiger charge is -2.11. The zero-order valence-electron chi connectivity index (χ0n) is 15.4. The molecule has 0 spiro atoms. The van der Waals surface area contributed by atoms with E-state index in [1.165, 1.54) is 6.08 Å². The minimum absolute atomic E-state index is 0.111. The third kappa shape index (κ3) is 5.63. The molecule has 0 saturated heterocycles. The first-order valence-electron chi connectivity index (χ1n) is 8.43. The first-order valence-corrected chi connectivity index (χ1v) is 8.43. The largest absolute Gasteiger partial charge is 0.494 e. The van der Waals surface area contributed by atoms with Gasteiger partial charge in [0.05, 0.1) is 20.3 Å². The van der Waals surface area contributed by atoms with Gasteiger partial charge < -0.3 is 18.9 Å². The maximum atomic E-state index is 12.4. The van der Waals surface area contributed by atoms with E-state index in [4.69, 9.17) is 18.9 Å². The van der Waals surface area contributed by atoms with Gasteiger partial charge >= 0.3 is 0 Å². The summed E-state index contributed by atoms with van der Waals surface area (Å²) in [7, 11) is 3.15. The number of ether oxygens (including phenoxy) is 4.